The van der Waals surface area contributed by atoms with Crippen LogP contribution in [0.2, 0.25) is 0 Å². The Hall–Kier alpha value is -0.130. The van der Waals surface area contributed by atoms with E-state index in [1.165, 1.54) is 19.3 Å². The molecule has 0 aliphatic heterocycles. The number of sulfonamides is 1. The Morgan fingerprint density at radius 3 is 2.53 bits per heavy atom. The smallest absolute Gasteiger partial charge is 0.211 e. The van der Waals surface area contributed by atoms with Gasteiger partial charge < -0.3 is 5.32 Å². The largest absolute Gasteiger partial charge is 0.312 e. The summed E-state index contributed by atoms with van der Waals surface area (Å²) in [5.41, 5.74) is 0. The first-order valence-corrected chi connectivity index (χ1v) is 7.41. The van der Waals surface area contributed by atoms with Crippen molar-refractivity contribution in [2.75, 3.05) is 18.8 Å². The Balaban J connectivity index is 2.12. The van der Waals surface area contributed by atoms with Crippen molar-refractivity contribution in [3.63, 3.8) is 0 Å². The molecule has 0 amide bonds. The van der Waals surface area contributed by atoms with E-state index in [1.54, 1.807) is 6.92 Å². The lowest BCUT2D eigenvalue weighted by atomic mass is 10.1. The molecule has 90 valence electrons. The molecule has 2 atom stereocenters. The summed E-state index contributed by atoms with van der Waals surface area (Å²) in [5.74, 6) is 0.889. The highest BCUT2D eigenvalue weighted by Gasteiger charge is 2.22. The predicted molar refractivity (Wildman–Crippen MR) is 62.3 cm³/mol. The van der Waals surface area contributed by atoms with Crippen LogP contribution in [-0.2, 0) is 10.0 Å². The average Bonchev–Trinajstić information content (AvgIpc) is 2.59. The summed E-state index contributed by atoms with van der Waals surface area (Å²) < 4.78 is 24.8. The molecule has 4 nitrogen and oxygen atoms in total. The average molecular weight is 234 g/mol. The zero-order valence-corrected chi connectivity index (χ0v) is 10.4. The van der Waals surface area contributed by atoms with Crippen molar-refractivity contribution in [2.24, 2.45) is 5.92 Å². The molecular weight excluding hydrogens is 212 g/mol. The molecular formula is C10H22N2O2S. The number of rotatable bonds is 6. The van der Waals surface area contributed by atoms with E-state index < -0.39 is 10.0 Å². The molecule has 2 unspecified atom stereocenters. The van der Waals surface area contributed by atoms with Crippen LogP contribution in [0.25, 0.3) is 0 Å². The van der Waals surface area contributed by atoms with E-state index in [-0.39, 0.29) is 5.75 Å². The maximum atomic E-state index is 11.1. The standard InChI is InChI=1S/C10H22N2O2S/c1-3-15(13,14)12-8-7-11-10-6-4-5-9(10)2/h9-12H,3-8H2,1-2H3. The molecule has 1 fully saturated rings. The number of nitrogens with one attached hydrogen (secondary N) is 2. The number of hydrogen-bond acceptors (Lipinski definition) is 3. The van der Waals surface area contributed by atoms with Gasteiger partial charge in [-0.15, -0.1) is 0 Å². The van der Waals surface area contributed by atoms with Crippen molar-refractivity contribution in [3.05, 3.63) is 0 Å². The fourth-order valence-electron chi connectivity index (χ4n) is 2.01. The summed E-state index contributed by atoms with van der Waals surface area (Å²) in [6.07, 6.45) is 3.81. The minimum atomic E-state index is -3.02. The van der Waals surface area contributed by atoms with Gasteiger partial charge in [-0.1, -0.05) is 13.3 Å². The van der Waals surface area contributed by atoms with Gasteiger partial charge in [-0.05, 0) is 25.7 Å². The van der Waals surface area contributed by atoms with Crippen molar-refractivity contribution in [2.45, 2.75) is 39.2 Å². The van der Waals surface area contributed by atoms with E-state index in [0.29, 0.717) is 12.6 Å². The highest BCUT2D eigenvalue weighted by Crippen LogP contribution is 2.24. The van der Waals surface area contributed by atoms with Crippen LogP contribution in [0.4, 0.5) is 0 Å². The molecule has 0 saturated heterocycles. The van der Waals surface area contributed by atoms with Crippen molar-refractivity contribution in [3.8, 4) is 0 Å². The lowest BCUT2D eigenvalue weighted by Crippen LogP contribution is -2.38. The molecule has 1 saturated carbocycles. The molecule has 1 aliphatic rings. The van der Waals surface area contributed by atoms with Gasteiger partial charge in [0.05, 0.1) is 5.75 Å². The highest BCUT2D eigenvalue weighted by molar-refractivity contribution is 7.89. The summed E-state index contributed by atoms with van der Waals surface area (Å²) >= 11 is 0. The van der Waals surface area contributed by atoms with Crippen molar-refractivity contribution in [1.29, 1.82) is 0 Å². The third-order valence-electron chi connectivity index (χ3n) is 3.10. The fourth-order valence-corrected chi connectivity index (χ4v) is 2.63. The molecule has 0 aromatic heterocycles. The Morgan fingerprint density at radius 1 is 1.27 bits per heavy atom. The second-order valence-corrected chi connectivity index (χ2v) is 6.36. The maximum Gasteiger partial charge on any atom is 0.211 e. The molecule has 5 heteroatoms. The minimum Gasteiger partial charge on any atom is -0.312 e. The first-order chi connectivity index (χ1) is 7.05. The monoisotopic (exact) mass is 234 g/mol. The first kappa shape index (κ1) is 12.9. The first-order valence-electron chi connectivity index (χ1n) is 5.76. The fraction of sp³-hybridized carbons (Fsp3) is 1.00. The topological polar surface area (TPSA) is 58.2 Å². The summed E-state index contributed by atoms with van der Waals surface area (Å²) in [7, 11) is -3.02. The van der Waals surface area contributed by atoms with Gasteiger partial charge in [-0.3, -0.25) is 0 Å². The molecule has 15 heavy (non-hydrogen) atoms. The molecule has 0 radical (unpaired) electrons. The minimum absolute atomic E-state index is 0.160. The van der Waals surface area contributed by atoms with E-state index in [2.05, 4.69) is 17.0 Å². The van der Waals surface area contributed by atoms with Crippen LogP contribution in [-0.4, -0.2) is 33.3 Å². The molecule has 2 N–H and O–H groups in total. The molecule has 0 aromatic carbocycles. The zero-order chi connectivity index (χ0) is 11.3. The van der Waals surface area contributed by atoms with Crippen LogP contribution in [0.3, 0.4) is 0 Å². The van der Waals surface area contributed by atoms with Gasteiger partial charge in [0, 0.05) is 19.1 Å². The lowest BCUT2D eigenvalue weighted by molar-refractivity contribution is 0.429. The van der Waals surface area contributed by atoms with Gasteiger partial charge in [-0.2, -0.15) is 0 Å². The normalized spacial score (nSPS) is 27.1. The lowest BCUT2D eigenvalue weighted by Gasteiger charge is -2.17. The van der Waals surface area contributed by atoms with Gasteiger partial charge in [0.1, 0.15) is 0 Å². The second kappa shape index (κ2) is 5.82. The number of hydrogen-bond donors (Lipinski definition) is 2. The quantitative estimate of drug-likeness (QED) is 0.665. The maximum absolute atomic E-state index is 11.1. The van der Waals surface area contributed by atoms with Crippen LogP contribution in [0.1, 0.15) is 33.1 Å². The predicted octanol–water partition coefficient (Wildman–Crippen LogP) is 0.704. The van der Waals surface area contributed by atoms with E-state index in [4.69, 9.17) is 0 Å². The van der Waals surface area contributed by atoms with Crippen LogP contribution in [0, 0.1) is 5.92 Å². The highest BCUT2D eigenvalue weighted by atomic mass is 32.2. The van der Waals surface area contributed by atoms with Gasteiger partial charge in [0.2, 0.25) is 10.0 Å². The molecule has 1 rings (SSSR count). The van der Waals surface area contributed by atoms with E-state index >= 15 is 0 Å². The summed E-state index contributed by atoms with van der Waals surface area (Å²) in [5, 5.41) is 3.40. The molecule has 0 bridgehead atoms. The van der Waals surface area contributed by atoms with Gasteiger partial charge in [0.25, 0.3) is 0 Å². The SMILES string of the molecule is CCS(=O)(=O)NCCNC1CCCC1C. The summed E-state index contributed by atoms with van der Waals surface area (Å²) in [6, 6.07) is 0.580. The Kier molecular flexibility index (Phi) is 5.02. The Morgan fingerprint density at radius 2 is 2.00 bits per heavy atom. The van der Waals surface area contributed by atoms with Crippen LogP contribution in [0.5, 0.6) is 0 Å². The van der Waals surface area contributed by atoms with Gasteiger partial charge >= 0.3 is 0 Å². The van der Waals surface area contributed by atoms with Crippen molar-refractivity contribution >= 4 is 10.0 Å². The van der Waals surface area contributed by atoms with Crippen LogP contribution >= 0.6 is 0 Å². The molecule has 0 aromatic rings. The van der Waals surface area contributed by atoms with E-state index in [0.717, 1.165) is 12.5 Å². The summed E-state index contributed by atoms with van der Waals surface area (Å²) in [6.45, 7) is 5.13. The third-order valence-corrected chi connectivity index (χ3v) is 4.50. The summed E-state index contributed by atoms with van der Waals surface area (Å²) in [4.78, 5) is 0. The second-order valence-electron chi connectivity index (χ2n) is 4.27. The van der Waals surface area contributed by atoms with Crippen molar-refractivity contribution in [1.82, 2.24) is 10.0 Å². The molecule has 0 spiro atoms. The van der Waals surface area contributed by atoms with Crippen molar-refractivity contribution < 1.29 is 8.42 Å². The van der Waals surface area contributed by atoms with Crippen LogP contribution in [0.15, 0.2) is 0 Å². The van der Waals surface area contributed by atoms with E-state index in [1.807, 2.05) is 0 Å². The molecule has 1 aliphatic carbocycles. The third kappa shape index (κ3) is 4.49. The molecule has 0 heterocycles. The van der Waals surface area contributed by atoms with E-state index in [9.17, 15) is 8.42 Å². The Bertz CT molecular complexity index is 277. The van der Waals surface area contributed by atoms with Gasteiger partial charge in [0.15, 0.2) is 0 Å². The Labute approximate surface area is 92.9 Å². The van der Waals surface area contributed by atoms with Gasteiger partial charge in [-0.25, -0.2) is 13.1 Å². The van der Waals surface area contributed by atoms with Crippen LogP contribution < -0.4 is 10.0 Å². The zero-order valence-electron chi connectivity index (χ0n) is 9.62.